The van der Waals surface area contributed by atoms with Crippen molar-refractivity contribution < 1.29 is 9.90 Å². The minimum atomic E-state index is -0.591. The maximum Gasteiger partial charge on any atom is 0.220 e. The zero-order chi connectivity index (χ0) is 14.5. The second-order valence-electron chi connectivity index (χ2n) is 4.10. The third-order valence-corrected chi connectivity index (χ3v) is 3.15. The molecule has 0 bridgehead atoms. The van der Waals surface area contributed by atoms with Crippen LogP contribution in [0.3, 0.4) is 0 Å². The van der Waals surface area contributed by atoms with Crippen molar-refractivity contribution in [2.75, 3.05) is 0 Å². The molecule has 0 atom stereocenters. The molecule has 0 saturated heterocycles. The van der Waals surface area contributed by atoms with Gasteiger partial charge in [0.05, 0.1) is 5.56 Å². The van der Waals surface area contributed by atoms with Crippen LogP contribution in [0.4, 0.5) is 0 Å². The van der Waals surface area contributed by atoms with Gasteiger partial charge in [-0.3, -0.25) is 9.59 Å². The summed E-state index contributed by atoms with van der Waals surface area (Å²) >= 11 is 3.20. The molecular weight excluding hydrogens is 320 g/mol. The Morgan fingerprint density at radius 1 is 1.10 bits per heavy atom. The first-order valence-electron chi connectivity index (χ1n) is 5.88. The Morgan fingerprint density at radius 3 is 2.50 bits per heavy atom. The third kappa shape index (κ3) is 3.42. The summed E-state index contributed by atoms with van der Waals surface area (Å²) in [6.45, 7) is 0. The topological polar surface area (TPSA) is 54.4 Å². The van der Waals surface area contributed by atoms with E-state index in [1.807, 2.05) is 30.3 Å². The third-order valence-electron chi connectivity index (χ3n) is 2.66. The molecule has 2 rings (SSSR count). The summed E-state index contributed by atoms with van der Waals surface area (Å²) in [6, 6.07) is 13.4. The second-order valence-corrected chi connectivity index (χ2v) is 5.01. The van der Waals surface area contributed by atoms with E-state index in [4.69, 9.17) is 0 Å². The molecule has 0 radical (unpaired) electrons. The maximum atomic E-state index is 12.1. The molecule has 4 heteroatoms. The number of carbonyl (C=O) groups excluding carboxylic acids is 1. The summed E-state index contributed by atoms with van der Waals surface area (Å²) in [5, 5.41) is 9.76. The van der Waals surface area contributed by atoms with E-state index in [2.05, 4.69) is 15.9 Å². The average molecular weight is 331 g/mol. The lowest BCUT2D eigenvalue weighted by molar-refractivity contribution is 0.104. The molecule has 0 fully saturated rings. The lowest BCUT2D eigenvalue weighted by Crippen LogP contribution is -2.01. The molecule has 100 valence electrons. The number of benzene rings is 1. The van der Waals surface area contributed by atoms with E-state index in [1.165, 1.54) is 24.3 Å². The average Bonchev–Trinajstić information content (AvgIpc) is 2.59. The van der Waals surface area contributed by atoms with Gasteiger partial charge in [0.2, 0.25) is 5.43 Å². The normalized spacial score (nSPS) is 10.7. The van der Waals surface area contributed by atoms with E-state index in [9.17, 15) is 14.7 Å². The monoisotopic (exact) mass is 330 g/mol. The van der Waals surface area contributed by atoms with E-state index in [0.29, 0.717) is 4.47 Å². The number of ketones is 1. The standard InChI is InChI=1S/C16H11BrO3/c17-12-7-9-15(19)16(20)13(10-12)14(18)8-6-11-4-2-1-3-5-11/h1-10H,(H,19,20). The van der Waals surface area contributed by atoms with Crippen molar-refractivity contribution in [3.05, 3.63) is 80.4 Å². The minimum absolute atomic E-state index is 0.0287. The highest BCUT2D eigenvalue weighted by atomic mass is 79.9. The van der Waals surface area contributed by atoms with E-state index in [1.54, 1.807) is 6.08 Å². The summed E-state index contributed by atoms with van der Waals surface area (Å²) in [5.74, 6) is -0.973. The summed E-state index contributed by atoms with van der Waals surface area (Å²) in [6.07, 6.45) is 2.96. The number of carbonyl (C=O) groups is 1. The van der Waals surface area contributed by atoms with Crippen molar-refractivity contribution in [2.24, 2.45) is 0 Å². The van der Waals surface area contributed by atoms with Crippen molar-refractivity contribution in [1.82, 2.24) is 0 Å². The Labute approximate surface area is 124 Å². The lowest BCUT2D eigenvalue weighted by Gasteiger charge is -1.96. The fraction of sp³-hybridized carbons (Fsp3) is 0. The van der Waals surface area contributed by atoms with Crippen LogP contribution >= 0.6 is 15.9 Å². The van der Waals surface area contributed by atoms with Crippen LogP contribution in [-0.2, 0) is 0 Å². The molecule has 2 aromatic carbocycles. The summed E-state index contributed by atoms with van der Waals surface area (Å²) in [7, 11) is 0. The van der Waals surface area contributed by atoms with Gasteiger partial charge in [0, 0.05) is 4.47 Å². The summed E-state index contributed by atoms with van der Waals surface area (Å²) in [5.41, 5.74) is 0.244. The zero-order valence-corrected chi connectivity index (χ0v) is 12.0. The highest BCUT2D eigenvalue weighted by molar-refractivity contribution is 9.10. The molecule has 0 unspecified atom stereocenters. The molecule has 0 amide bonds. The minimum Gasteiger partial charge on any atom is -0.504 e. The van der Waals surface area contributed by atoms with E-state index in [0.717, 1.165) is 5.56 Å². The molecule has 20 heavy (non-hydrogen) atoms. The molecule has 0 saturated carbocycles. The van der Waals surface area contributed by atoms with Gasteiger partial charge in [-0.25, -0.2) is 0 Å². The largest absolute Gasteiger partial charge is 0.504 e. The Morgan fingerprint density at radius 2 is 1.80 bits per heavy atom. The lowest BCUT2D eigenvalue weighted by atomic mass is 10.1. The predicted octanol–water partition coefficient (Wildman–Crippen LogP) is 3.41. The number of rotatable bonds is 3. The first-order chi connectivity index (χ1) is 9.58. The van der Waals surface area contributed by atoms with E-state index in [-0.39, 0.29) is 5.56 Å². The zero-order valence-electron chi connectivity index (χ0n) is 10.4. The van der Waals surface area contributed by atoms with Crippen LogP contribution in [0.25, 0.3) is 6.08 Å². The van der Waals surface area contributed by atoms with Crippen molar-refractivity contribution in [2.45, 2.75) is 0 Å². The van der Waals surface area contributed by atoms with Gasteiger partial charge in [0.25, 0.3) is 0 Å². The fourth-order valence-corrected chi connectivity index (χ4v) is 2.00. The Balaban J connectivity index is 2.38. The number of hydrogen-bond donors (Lipinski definition) is 1. The highest BCUT2D eigenvalue weighted by Gasteiger charge is 2.10. The molecule has 3 nitrogen and oxygen atoms in total. The van der Waals surface area contributed by atoms with Crippen LogP contribution in [-0.4, -0.2) is 10.9 Å². The first-order valence-corrected chi connectivity index (χ1v) is 6.67. The van der Waals surface area contributed by atoms with Crippen LogP contribution in [0.1, 0.15) is 15.9 Å². The van der Waals surface area contributed by atoms with Gasteiger partial charge < -0.3 is 5.11 Å². The van der Waals surface area contributed by atoms with Crippen LogP contribution in [0.15, 0.2) is 63.9 Å². The van der Waals surface area contributed by atoms with Gasteiger partial charge in [0.15, 0.2) is 11.5 Å². The first kappa shape index (κ1) is 14.2. The number of hydrogen-bond acceptors (Lipinski definition) is 3. The van der Waals surface area contributed by atoms with Gasteiger partial charge in [-0.1, -0.05) is 52.3 Å². The number of halogens is 1. The fourth-order valence-electron chi connectivity index (χ4n) is 1.63. The van der Waals surface area contributed by atoms with Crippen molar-refractivity contribution in [3.8, 4) is 5.75 Å². The molecular formula is C16H11BrO3. The molecule has 2 aromatic rings. The van der Waals surface area contributed by atoms with Gasteiger partial charge in [-0.15, -0.1) is 0 Å². The molecule has 0 aromatic heterocycles. The van der Waals surface area contributed by atoms with Crippen LogP contribution in [0.5, 0.6) is 5.75 Å². The Kier molecular flexibility index (Phi) is 4.48. The van der Waals surface area contributed by atoms with Gasteiger partial charge in [-0.2, -0.15) is 0 Å². The Bertz CT molecular complexity index is 721. The quantitative estimate of drug-likeness (QED) is 0.693. The maximum absolute atomic E-state index is 12.1. The van der Waals surface area contributed by atoms with Gasteiger partial charge in [-0.05, 0) is 29.8 Å². The highest BCUT2D eigenvalue weighted by Crippen LogP contribution is 2.17. The summed E-state index contributed by atoms with van der Waals surface area (Å²) in [4.78, 5) is 23.6. The van der Waals surface area contributed by atoms with Gasteiger partial charge >= 0.3 is 0 Å². The molecule has 0 heterocycles. The Hall–Kier alpha value is -2.20. The second kappa shape index (κ2) is 6.30. The number of allylic oxidation sites excluding steroid dienone is 1. The van der Waals surface area contributed by atoms with Crippen molar-refractivity contribution in [1.29, 1.82) is 0 Å². The molecule has 1 N–H and O–H groups in total. The van der Waals surface area contributed by atoms with Crippen LogP contribution in [0.2, 0.25) is 0 Å². The number of aromatic hydroxyl groups is 1. The predicted molar refractivity (Wildman–Crippen MR) is 81.9 cm³/mol. The van der Waals surface area contributed by atoms with Gasteiger partial charge in [0.1, 0.15) is 0 Å². The molecule has 0 aliphatic heterocycles. The van der Waals surface area contributed by atoms with E-state index >= 15 is 0 Å². The molecule has 0 aliphatic carbocycles. The van der Waals surface area contributed by atoms with Crippen LogP contribution < -0.4 is 5.43 Å². The SMILES string of the molecule is O=C(C=Cc1ccccc1)c1cc(Br)ccc(=O)c1O. The molecule has 0 aliphatic rings. The van der Waals surface area contributed by atoms with Crippen LogP contribution in [0, 0.1) is 0 Å². The van der Waals surface area contributed by atoms with E-state index < -0.39 is 17.0 Å². The van der Waals surface area contributed by atoms with Crippen molar-refractivity contribution in [3.63, 3.8) is 0 Å². The smallest absolute Gasteiger partial charge is 0.220 e. The summed E-state index contributed by atoms with van der Waals surface area (Å²) < 4.78 is 0.548. The van der Waals surface area contributed by atoms with Crippen molar-refractivity contribution >= 4 is 27.8 Å². The molecule has 0 spiro atoms.